The first-order chi connectivity index (χ1) is 13.0. The monoisotopic (exact) mass is 412 g/mol. The highest BCUT2D eigenvalue weighted by Gasteiger charge is 2.40. The third kappa shape index (κ3) is 6.70. The molecule has 1 heterocycles. The van der Waals surface area contributed by atoms with E-state index in [0.29, 0.717) is 6.42 Å². The van der Waals surface area contributed by atoms with Crippen LogP contribution >= 0.6 is 0 Å². The standard InChI is InChI=1S/C20H28O7S/c1-14-5-7-16(8-6-14)28(23,24)12-11-25-19(22)10-9-17-18(13-15(2)21)27-20(3,4)26-17/h5-10,15,17-18,21H,11-13H2,1-4H3/b10-9+/t15-,17+,18+/m1/s1. The Balaban J connectivity index is 1.86. The maximum absolute atomic E-state index is 12.2. The van der Waals surface area contributed by atoms with Gasteiger partial charge in [0.1, 0.15) is 12.7 Å². The van der Waals surface area contributed by atoms with Crippen molar-refractivity contribution in [1.29, 1.82) is 0 Å². The average molecular weight is 413 g/mol. The summed E-state index contributed by atoms with van der Waals surface area (Å²) in [5, 5.41) is 9.57. The number of aryl methyl sites for hydroxylation is 1. The number of esters is 1. The van der Waals surface area contributed by atoms with Crippen LogP contribution in [0.1, 0.15) is 32.8 Å². The number of carbonyl (C=O) groups excluding carboxylic acids is 1. The zero-order valence-corrected chi connectivity index (χ0v) is 17.4. The van der Waals surface area contributed by atoms with Crippen molar-refractivity contribution in [2.45, 2.75) is 63.1 Å². The molecule has 3 atom stereocenters. The molecule has 156 valence electrons. The van der Waals surface area contributed by atoms with E-state index >= 15 is 0 Å². The molecular formula is C20H28O7S. The van der Waals surface area contributed by atoms with Crippen LogP contribution in [0, 0.1) is 6.92 Å². The molecule has 1 saturated heterocycles. The Morgan fingerprint density at radius 3 is 2.54 bits per heavy atom. The number of aliphatic hydroxyl groups excluding tert-OH is 1. The molecule has 0 spiro atoms. The first-order valence-corrected chi connectivity index (χ1v) is 10.8. The van der Waals surface area contributed by atoms with Crippen molar-refractivity contribution in [3.05, 3.63) is 42.0 Å². The van der Waals surface area contributed by atoms with E-state index in [4.69, 9.17) is 14.2 Å². The van der Waals surface area contributed by atoms with Crippen molar-refractivity contribution >= 4 is 15.8 Å². The van der Waals surface area contributed by atoms with Crippen molar-refractivity contribution in [3.8, 4) is 0 Å². The molecule has 2 rings (SSSR count). The molecule has 1 aliphatic rings. The van der Waals surface area contributed by atoms with Gasteiger partial charge in [0, 0.05) is 12.5 Å². The molecule has 0 amide bonds. The van der Waals surface area contributed by atoms with Crippen molar-refractivity contribution < 1.29 is 32.5 Å². The van der Waals surface area contributed by atoms with Crippen LogP contribution in [0.2, 0.25) is 0 Å². The molecule has 0 aromatic heterocycles. The zero-order valence-electron chi connectivity index (χ0n) is 16.6. The normalized spacial score (nSPS) is 23.0. The van der Waals surface area contributed by atoms with Crippen LogP contribution in [0.15, 0.2) is 41.3 Å². The van der Waals surface area contributed by atoms with E-state index in [-0.39, 0.29) is 23.4 Å². The second kappa shape index (κ2) is 9.17. The second-order valence-electron chi connectivity index (χ2n) is 7.38. The highest BCUT2D eigenvalue weighted by molar-refractivity contribution is 7.91. The van der Waals surface area contributed by atoms with Crippen LogP contribution in [0.3, 0.4) is 0 Å². The molecule has 1 aromatic carbocycles. The van der Waals surface area contributed by atoms with Crippen LogP contribution < -0.4 is 0 Å². The van der Waals surface area contributed by atoms with E-state index in [1.807, 2.05) is 6.92 Å². The Morgan fingerprint density at radius 2 is 1.93 bits per heavy atom. The summed E-state index contributed by atoms with van der Waals surface area (Å²) in [5.74, 6) is -1.78. The third-order valence-electron chi connectivity index (χ3n) is 4.19. The summed E-state index contributed by atoms with van der Waals surface area (Å²) in [5.41, 5.74) is 0.964. The van der Waals surface area contributed by atoms with E-state index in [1.165, 1.54) is 24.3 Å². The van der Waals surface area contributed by atoms with Crippen LogP contribution in [-0.4, -0.2) is 56.0 Å². The minimum absolute atomic E-state index is 0.199. The lowest BCUT2D eigenvalue weighted by Gasteiger charge is -2.17. The fraction of sp³-hybridized carbons (Fsp3) is 0.550. The van der Waals surface area contributed by atoms with Crippen molar-refractivity contribution in [3.63, 3.8) is 0 Å². The fourth-order valence-electron chi connectivity index (χ4n) is 2.88. The summed E-state index contributed by atoms with van der Waals surface area (Å²) in [4.78, 5) is 12.1. The Hall–Kier alpha value is -1.74. The molecule has 1 N–H and O–H groups in total. The van der Waals surface area contributed by atoms with Gasteiger partial charge in [0.15, 0.2) is 15.6 Å². The molecule has 8 heteroatoms. The van der Waals surface area contributed by atoms with Gasteiger partial charge in [0.2, 0.25) is 0 Å². The fourth-order valence-corrected chi connectivity index (χ4v) is 3.97. The van der Waals surface area contributed by atoms with Crippen molar-refractivity contribution in [2.75, 3.05) is 12.4 Å². The largest absolute Gasteiger partial charge is 0.461 e. The Labute approximate surface area is 166 Å². The molecule has 1 fully saturated rings. The van der Waals surface area contributed by atoms with Crippen LogP contribution in [0.4, 0.5) is 0 Å². The first kappa shape index (κ1) is 22.5. The second-order valence-corrected chi connectivity index (χ2v) is 9.49. The summed E-state index contributed by atoms with van der Waals surface area (Å²) in [6.45, 7) is 6.78. The number of hydrogen-bond acceptors (Lipinski definition) is 7. The molecule has 0 aliphatic carbocycles. The molecule has 7 nitrogen and oxygen atoms in total. The van der Waals surface area contributed by atoms with E-state index in [1.54, 1.807) is 32.9 Å². The third-order valence-corrected chi connectivity index (χ3v) is 5.89. The minimum atomic E-state index is -3.51. The highest BCUT2D eigenvalue weighted by atomic mass is 32.2. The van der Waals surface area contributed by atoms with Gasteiger partial charge < -0.3 is 19.3 Å². The van der Waals surface area contributed by atoms with Crippen molar-refractivity contribution in [2.24, 2.45) is 0 Å². The number of sulfone groups is 1. The van der Waals surface area contributed by atoms with Gasteiger partial charge in [-0.1, -0.05) is 17.7 Å². The van der Waals surface area contributed by atoms with Crippen LogP contribution in [0.25, 0.3) is 0 Å². The first-order valence-electron chi connectivity index (χ1n) is 9.16. The number of benzene rings is 1. The SMILES string of the molecule is Cc1ccc(S(=O)(=O)CCOC(=O)/C=C/[C@@H]2OC(C)(C)O[C@H]2C[C@@H](C)O)cc1. The Kier molecular flexibility index (Phi) is 7.39. The summed E-state index contributed by atoms with van der Waals surface area (Å²) in [7, 11) is -3.51. The number of ether oxygens (including phenoxy) is 3. The lowest BCUT2D eigenvalue weighted by atomic mass is 10.1. The van der Waals surface area contributed by atoms with Gasteiger partial charge in [0.25, 0.3) is 0 Å². The van der Waals surface area contributed by atoms with Gasteiger partial charge >= 0.3 is 5.97 Å². The van der Waals surface area contributed by atoms with E-state index in [0.717, 1.165) is 5.56 Å². The van der Waals surface area contributed by atoms with E-state index < -0.39 is 33.8 Å². The smallest absolute Gasteiger partial charge is 0.330 e. The lowest BCUT2D eigenvalue weighted by Crippen LogP contribution is -2.25. The number of rotatable bonds is 8. The number of hydrogen-bond donors (Lipinski definition) is 1. The molecule has 1 aliphatic heterocycles. The summed E-state index contributed by atoms with van der Waals surface area (Å²) < 4.78 is 40.9. The lowest BCUT2D eigenvalue weighted by molar-refractivity contribution is -0.145. The van der Waals surface area contributed by atoms with Crippen LogP contribution in [0.5, 0.6) is 0 Å². The predicted octanol–water partition coefficient (Wildman–Crippen LogP) is 2.16. The van der Waals surface area contributed by atoms with Crippen LogP contribution in [-0.2, 0) is 28.8 Å². The molecule has 0 saturated carbocycles. The maximum atomic E-state index is 12.2. The molecular weight excluding hydrogens is 384 g/mol. The summed E-state index contributed by atoms with van der Waals surface area (Å²) in [6.07, 6.45) is 1.61. The maximum Gasteiger partial charge on any atom is 0.330 e. The topological polar surface area (TPSA) is 99.1 Å². The van der Waals surface area contributed by atoms with Gasteiger partial charge in [-0.05, 0) is 45.9 Å². The van der Waals surface area contributed by atoms with Gasteiger partial charge in [0.05, 0.1) is 22.9 Å². The van der Waals surface area contributed by atoms with Gasteiger partial charge in [-0.2, -0.15) is 0 Å². The molecule has 0 bridgehead atoms. The van der Waals surface area contributed by atoms with E-state index in [2.05, 4.69) is 0 Å². The number of carbonyl (C=O) groups is 1. The Bertz CT molecular complexity index is 794. The van der Waals surface area contributed by atoms with Gasteiger partial charge in [-0.3, -0.25) is 0 Å². The molecule has 1 aromatic rings. The highest BCUT2D eigenvalue weighted by Crippen LogP contribution is 2.31. The van der Waals surface area contributed by atoms with E-state index in [9.17, 15) is 18.3 Å². The predicted molar refractivity (Wildman–Crippen MR) is 103 cm³/mol. The van der Waals surface area contributed by atoms with Crippen molar-refractivity contribution in [1.82, 2.24) is 0 Å². The molecule has 0 unspecified atom stereocenters. The molecule has 28 heavy (non-hydrogen) atoms. The van der Waals surface area contributed by atoms with Gasteiger partial charge in [-0.25, -0.2) is 13.2 Å². The molecule has 0 radical (unpaired) electrons. The zero-order chi connectivity index (χ0) is 20.9. The van der Waals surface area contributed by atoms with Gasteiger partial charge in [-0.15, -0.1) is 0 Å². The minimum Gasteiger partial charge on any atom is -0.461 e. The summed E-state index contributed by atoms with van der Waals surface area (Å²) >= 11 is 0. The summed E-state index contributed by atoms with van der Waals surface area (Å²) in [6, 6.07) is 6.51. The quantitative estimate of drug-likeness (QED) is 0.516. The number of aliphatic hydroxyl groups is 1. The Morgan fingerprint density at radius 1 is 1.29 bits per heavy atom. The average Bonchev–Trinajstić information content (AvgIpc) is 2.86.